The van der Waals surface area contributed by atoms with E-state index in [0.29, 0.717) is 0 Å². The molecule has 2 N–H and O–H groups in total. The van der Waals surface area contributed by atoms with Gasteiger partial charge in [-0.05, 0) is 30.7 Å². The summed E-state index contributed by atoms with van der Waals surface area (Å²) in [5.41, 5.74) is 5.32. The van der Waals surface area contributed by atoms with E-state index >= 15 is 0 Å². The summed E-state index contributed by atoms with van der Waals surface area (Å²) >= 11 is 1.76. The van der Waals surface area contributed by atoms with E-state index < -0.39 is 0 Å². The van der Waals surface area contributed by atoms with E-state index in [2.05, 4.69) is 29.8 Å². The number of nitrogens with one attached hydrogen (secondary N) is 2. The van der Waals surface area contributed by atoms with E-state index in [9.17, 15) is 4.79 Å². The molecule has 0 unspecified atom stereocenters. The first-order chi connectivity index (χ1) is 9.63. The number of piperazine rings is 1. The minimum atomic E-state index is 0.0941. The van der Waals surface area contributed by atoms with Crippen LogP contribution in [0.1, 0.15) is 34.1 Å². The molecule has 0 bridgehead atoms. The number of amides is 1. The third-order valence-corrected chi connectivity index (χ3v) is 5.57. The van der Waals surface area contributed by atoms with Gasteiger partial charge < -0.3 is 4.90 Å². The lowest BCUT2D eigenvalue weighted by atomic mass is 9.88. The molecule has 1 atom stereocenters. The maximum Gasteiger partial charge on any atom is 0.266 e. The summed E-state index contributed by atoms with van der Waals surface area (Å²) in [5.74, 6) is 0.856. The highest BCUT2D eigenvalue weighted by Gasteiger charge is 2.25. The molecule has 0 spiro atoms. The number of thiophene rings is 1. The molecule has 1 fully saturated rings. The zero-order valence-electron chi connectivity index (χ0n) is 12.4. The normalized spacial score (nSPS) is 24.4. The van der Waals surface area contributed by atoms with Gasteiger partial charge >= 0.3 is 0 Å². The first-order valence-electron chi connectivity index (χ1n) is 7.60. The van der Waals surface area contributed by atoms with Crippen molar-refractivity contribution in [3.8, 4) is 0 Å². The van der Waals surface area contributed by atoms with Gasteiger partial charge in [-0.15, -0.1) is 11.3 Å². The van der Waals surface area contributed by atoms with Crippen LogP contribution in [0.4, 0.5) is 0 Å². The number of nitrogens with zero attached hydrogens (tertiary/aromatic N) is 1. The first-order valence-corrected chi connectivity index (χ1v) is 8.48. The summed E-state index contributed by atoms with van der Waals surface area (Å²) in [6.07, 6.45) is 3.42. The fourth-order valence-electron chi connectivity index (χ4n) is 3.07. The number of quaternary nitrogens is 1. The molecule has 1 saturated heterocycles. The lowest BCUT2D eigenvalue weighted by Crippen LogP contribution is -3.12. The quantitative estimate of drug-likeness (QED) is 0.826. The first kappa shape index (κ1) is 14.0. The second-order valence-electron chi connectivity index (χ2n) is 6.28. The molecule has 5 heteroatoms. The molecular weight excluding hydrogens is 270 g/mol. The highest BCUT2D eigenvalue weighted by atomic mass is 32.1. The Morgan fingerprint density at radius 1 is 1.45 bits per heavy atom. The number of likely N-dealkylation sites (N-methyl/N-ethyl adjacent to an activating group) is 1. The zero-order chi connectivity index (χ0) is 14.1. The van der Waals surface area contributed by atoms with Crippen LogP contribution in [0.2, 0.25) is 0 Å². The smallest absolute Gasteiger partial charge is 0.266 e. The van der Waals surface area contributed by atoms with Gasteiger partial charge in [0.1, 0.15) is 0 Å². The van der Waals surface area contributed by atoms with Crippen molar-refractivity contribution >= 4 is 17.2 Å². The molecule has 1 aromatic rings. The summed E-state index contributed by atoms with van der Waals surface area (Å²) in [4.78, 5) is 15.4. The molecule has 2 aliphatic rings. The van der Waals surface area contributed by atoms with Gasteiger partial charge in [-0.25, -0.2) is 5.01 Å². The Kier molecular flexibility index (Phi) is 4.10. The maximum atomic E-state index is 12.5. The summed E-state index contributed by atoms with van der Waals surface area (Å²) < 4.78 is 0. The van der Waals surface area contributed by atoms with Crippen molar-refractivity contribution in [2.75, 3.05) is 33.2 Å². The SMILES string of the molecule is C[C@H]1CCc2c(C(=O)NN3CC[NH+](C)CC3)csc2C1. The standard InChI is InChI=1S/C15H23N3OS/c1-11-3-4-12-13(10-20-14(12)9-11)15(19)16-18-7-5-17(2)6-8-18/h10-11H,3-9H2,1-2H3,(H,16,19)/p+1/t11-/m0/s1. The fourth-order valence-corrected chi connectivity index (χ4v) is 4.32. The fraction of sp³-hybridized carbons (Fsp3) is 0.667. The van der Waals surface area contributed by atoms with Crippen molar-refractivity contribution in [1.82, 2.24) is 10.4 Å². The summed E-state index contributed by atoms with van der Waals surface area (Å²) in [6.45, 7) is 6.38. The Hall–Kier alpha value is -0.910. The highest BCUT2D eigenvalue weighted by molar-refractivity contribution is 7.10. The van der Waals surface area contributed by atoms with E-state index in [-0.39, 0.29) is 5.91 Å². The van der Waals surface area contributed by atoms with Crippen LogP contribution >= 0.6 is 11.3 Å². The second-order valence-corrected chi connectivity index (χ2v) is 7.25. The lowest BCUT2D eigenvalue weighted by Gasteiger charge is -2.30. The molecule has 1 aromatic heterocycles. The van der Waals surface area contributed by atoms with Gasteiger partial charge in [0.25, 0.3) is 5.91 Å². The van der Waals surface area contributed by atoms with Crippen molar-refractivity contribution < 1.29 is 9.69 Å². The topological polar surface area (TPSA) is 36.8 Å². The molecule has 1 aliphatic heterocycles. The molecule has 110 valence electrons. The van der Waals surface area contributed by atoms with Gasteiger partial charge in [-0.1, -0.05) is 6.92 Å². The molecule has 1 amide bonds. The van der Waals surface area contributed by atoms with Gasteiger partial charge in [0.05, 0.1) is 38.8 Å². The van der Waals surface area contributed by atoms with Gasteiger partial charge in [-0.3, -0.25) is 10.2 Å². The van der Waals surface area contributed by atoms with Crippen molar-refractivity contribution in [3.63, 3.8) is 0 Å². The predicted octanol–water partition coefficient (Wildman–Crippen LogP) is 0.348. The summed E-state index contributed by atoms with van der Waals surface area (Å²) in [7, 11) is 2.20. The van der Waals surface area contributed by atoms with E-state index in [1.54, 1.807) is 11.3 Å². The average molecular weight is 294 g/mol. The lowest BCUT2D eigenvalue weighted by molar-refractivity contribution is -0.884. The Morgan fingerprint density at radius 3 is 2.95 bits per heavy atom. The van der Waals surface area contributed by atoms with Crippen molar-refractivity contribution in [3.05, 3.63) is 21.4 Å². The maximum absolute atomic E-state index is 12.5. The Bertz CT molecular complexity index is 491. The van der Waals surface area contributed by atoms with Crippen LogP contribution in [0.5, 0.6) is 0 Å². The third-order valence-electron chi connectivity index (χ3n) is 4.52. The van der Waals surface area contributed by atoms with Crippen molar-refractivity contribution in [2.24, 2.45) is 5.92 Å². The van der Waals surface area contributed by atoms with E-state index in [1.165, 1.54) is 21.8 Å². The van der Waals surface area contributed by atoms with Crippen LogP contribution in [-0.2, 0) is 12.8 Å². The van der Waals surface area contributed by atoms with E-state index in [4.69, 9.17) is 0 Å². The van der Waals surface area contributed by atoms with Crippen LogP contribution in [-0.4, -0.2) is 44.1 Å². The van der Waals surface area contributed by atoms with Gasteiger partial charge in [0.2, 0.25) is 0 Å². The Morgan fingerprint density at radius 2 is 2.20 bits per heavy atom. The van der Waals surface area contributed by atoms with Gasteiger partial charge in [-0.2, -0.15) is 0 Å². The number of rotatable bonds is 2. The minimum Gasteiger partial charge on any atom is -0.335 e. The van der Waals surface area contributed by atoms with Crippen LogP contribution in [0.15, 0.2) is 5.38 Å². The molecule has 2 heterocycles. The van der Waals surface area contributed by atoms with Crippen molar-refractivity contribution in [1.29, 1.82) is 0 Å². The molecule has 20 heavy (non-hydrogen) atoms. The van der Waals surface area contributed by atoms with E-state index in [1.807, 2.05) is 0 Å². The molecular formula is C15H24N3OS+. The van der Waals surface area contributed by atoms with Gasteiger partial charge in [0, 0.05) is 10.3 Å². The zero-order valence-corrected chi connectivity index (χ0v) is 13.2. The number of hydrazine groups is 1. The second kappa shape index (κ2) is 5.84. The van der Waals surface area contributed by atoms with Crippen LogP contribution in [0.3, 0.4) is 0 Å². The molecule has 3 rings (SSSR count). The molecule has 0 radical (unpaired) electrons. The Labute approximate surface area is 124 Å². The highest BCUT2D eigenvalue weighted by Crippen LogP contribution is 2.32. The van der Waals surface area contributed by atoms with Crippen LogP contribution < -0.4 is 10.3 Å². The molecule has 0 aromatic carbocycles. The average Bonchev–Trinajstić information content (AvgIpc) is 2.84. The minimum absolute atomic E-state index is 0.0941. The monoisotopic (exact) mass is 294 g/mol. The molecule has 4 nitrogen and oxygen atoms in total. The van der Waals surface area contributed by atoms with Crippen molar-refractivity contribution in [2.45, 2.75) is 26.2 Å². The Balaban J connectivity index is 1.66. The van der Waals surface area contributed by atoms with E-state index in [0.717, 1.165) is 50.5 Å². The largest absolute Gasteiger partial charge is 0.335 e. The number of carbonyl (C=O) groups excluding carboxylic acids is 1. The number of hydrogen-bond acceptors (Lipinski definition) is 3. The number of hydrogen-bond donors (Lipinski definition) is 2. The van der Waals surface area contributed by atoms with Crippen LogP contribution in [0.25, 0.3) is 0 Å². The van der Waals surface area contributed by atoms with Crippen LogP contribution in [0, 0.1) is 5.92 Å². The number of carbonyl (C=O) groups is 1. The molecule has 0 saturated carbocycles. The van der Waals surface area contributed by atoms with Gasteiger partial charge in [0.15, 0.2) is 0 Å². The predicted molar refractivity (Wildman–Crippen MR) is 81.2 cm³/mol. The third kappa shape index (κ3) is 2.90. The summed E-state index contributed by atoms with van der Waals surface area (Å²) in [6, 6.07) is 0. The summed E-state index contributed by atoms with van der Waals surface area (Å²) in [5, 5.41) is 4.13. The molecule has 1 aliphatic carbocycles. The number of fused-ring (bicyclic) bond motifs is 1.